The number of benzene rings is 1. The van der Waals surface area contributed by atoms with Crippen LogP contribution < -0.4 is 15.4 Å². The molecule has 1 unspecified atom stereocenters. The molecule has 0 aliphatic carbocycles. The second kappa shape index (κ2) is 9.35. The van der Waals surface area contributed by atoms with Gasteiger partial charge in [-0.2, -0.15) is 5.26 Å². The molecule has 2 rings (SSSR count). The number of nitriles is 1. The number of carbonyl (C=O) groups is 1. The van der Waals surface area contributed by atoms with Crippen molar-refractivity contribution in [3.63, 3.8) is 0 Å². The van der Waals surface area contributed by atoms with Gasteiger partial charge in [0.25, 0.3) is 0 Å². The minimum atomic E-state index is -0.363. The number of furan rings is 1. The van der Waals surface area contributed by atoms with Crippen molar-refractivity contribution in [1.82, 2.24) is 10.6 Å². The van der Waals surface area contributed by atoms with Crippen LogP contribution in [0.4, 0.5) is 4.79 Å². The molecule has 0 aliphatic heterocycles. The van der Waals surface area contributed by atoms with Crippen molar-refractivity contribution >= 4 is 6.03 Å². The van der Waals surface area contributed by atoms with Crippen LogP contribution >= 0.6 is 0 Å². The molecule has 0 spiro atoms. The molecule has 0 saturated heterocycles. The van der Waals surface area contributed by atoms with Gasteiger partial charge in [-0.15, -0.1) is 0 Å². The van der Waals surface area contributed by atoms with Crippen molar-refractivity contribution in [3.05, 3.63) is 53.5 Å². The first-order chi connectivity index (χ1) is 12.1. The van der Waals surface area contributed by atoms with Gasteiger partial charge in [0.1, 0.15) is 29.9 Å². The second-order valence-electron chi connectivity index (χ2n) is 5.34. The smallest absolute Gasteiger partial charge is 0.315 e. The lowest BCUT2D eigenvalue weighted by molar-refractivity contribution is 0.156. The van der Waals surface area contributed by atoms with Gasteiger partial charge in [-0.25, -0.2) is 4.79 Å². The number of nitrogens with one attached hydrogen (secondary N) is 2. The van der Waals surface area contributed by atoms with Crippen LogP contribution in [-0.2, 0) is 4.74 Å². The van der Waals surface area contributed by atoms with E-state index in [0.717, 1.165) is 5.76 Å². The molecule has 0 bridgehead atoms. The summed E-state index contributed by atoms with van der Waals surface area (Å²) in [5.41, 5.74) is 0.571. The Balaban J connectivity index is 1.74. The number of aryl methyl sites for hydroxylation is 1. The highest BCUT2D eigenvalue weighted by Gasteiger charge is 2.17. The van der Waals surface area contributed by atoms with E-state index in [4.69, 9.17) is 19.2 Å². The molecule has 0 saturated carbocycles. The molecule has 1 heterocycles. The van der Waals surface area contributed by atoms with Gasteiger partial charge in [-0.1, -0.05) is 0 Å². The quantitative estimate of drug-likeness (QED) is 0.718. The molecule has 2 amide bonds. The Morgan fingerprint density at radius 2 is 2.04 bits per heavy atom. The average Bonchev–Trinajstić information content (AvgIpc) is 3.05. The number of hydrogen-bond donors (Lipinski definition) is 2. The lowest BCUT2D eigenvalue weighted by Crippen LogP contribution is -2.40. The molecule has 1 atom stereocenters. The largest absolute Gasteiger partial charge is 0.492 e. The van der Waals surface area contributed by atoms with E-state index in [1.807, 2.05) is 25.1 Å². The zero-order valence-electron chi connectivity index (χ0n) is 14.2. The number of carbonyl (C=O) groups excluding carboxylic acids is 1. The van der Waals surface area contributed by atoms with E-state index in [0.29, 0.717) is 36.8 Å². The van der Waals surface area contributed by atoms with Crippen molar-refractivity contribution in [2.75, 3.05) is 26.9 Å². The Kier molecular flexibility index (Phi) is 6.87. The van der Waals surface area contributed by atoms with Crippen molar-refractivity contribution in [1.29, 1.82) is 5.26 Å². The minimum absolute atomic E-state index is 0.308. The standard InChI is InChI=1S/C18H21N3O4/c1-13-3-8-17(25-13)16(12-23-2)21-18(22)20-9-10-24-15-6-4-14(11-19)5-7-15/h3-8,16H,9-10,12H2,1-2H3,(H2,20,21,22). The molecule has 0 fully saturated rings. The molecule has 7 heteroatoms. The third kappa shape index (κ3) is 5.86. The summed E-state index contributed by atoms with van der Waals surface area (Å²) in [6.45, 7) is 2.80. The molecule has 0 radical (unpaired) electrons. The van der Waals surface area contributed by atoms with E-state index < -0.39 is 0 Å². The maximum absolute atomic E-state index is 12.0. The van der Waals surface area contributed by atoms with Crippen LogP contribution in [0.2, 0.25) is 0 Å². The lowest BCUT2D eigenvalue weighted by atomic mass is 10.2. The molecular formula is C18H21N3O4. The predicted molar refractivity (Wildman–Crippen MR) is 91.2 cm³/mol. The molecule has 1 aromatic carbocycles. The van der Waals surface area contributed by atoms with Gasteiger partial charge in [0.2, 0.25) is 0 Å². The Hall–Kier alpha value is -2.98. The molecule has 2 aromatic rings. The van der Waals surface area contributed by atoms with Crippen LogP contribution in [0.1, 0.15) is 23.1 Å². The fourth-order valence-corrected chi connectivity index (χ4v) is 2.17. The summed E-state index contributed by atoms with van der Waals surface area (Å²) in [5, 5.41) is 14.3. The maximum atomic E-state index is 12.0. The Bertz CT molecular complexity index is 719. The summed E-state index contributed by atoms with van der Waals surface area (Å²) in [6.07, 6.45) is 0. The van der Waals surface area contributed by atoms with Crippen LogP contribution in [0, 0.1) is 18.3 Å². The topological polar surface area (TPSA) is 96.5 Å². The summed E-state index contributed by atoms with van der Waals surface area (Å²) in [7, 11) is 1.56. The van der Waals surface area contributed by atoms with Crippen LogP contribution in [0.5, 0.6) is 5.75 Å². The normalized spacial score (nSPS) is 11.4. The van der Waals surface area contributed by atoms with Crippen molar-refractivity contribution in [3.8, 4) is 11.8 Å². The summed E-state index contributed by atoms with van der Waals surface area (Å²) < 4.78 is 16.2. The molecule has 1 aromatic heterocycles. The number of amides is 2. The molecular weight excluding hydrogens is 322 g/mol. The summed E-state index contributed by atoms with van der Waals surface area (Å²) in [5.74, 6) is 2.06. The summed E-state index contributed by atoms with van der Waals surface area (Å²) in [6, 6.07) is 11.8. The SMILES string of the molecule is COCC(NC(=O)NCCOc1ccc(C#N)cc1)c1ccc(C)o1. The zero-order chi connectivity index (χ0) is 18.1. The third-order valence-corrected chi connectivity index (χ3v) is 3.38. The number of rotatable bonds is 8. The van der Waals surface area contributed by atoms with Crippen molar-refractivity contribution < 1.29 is 18.7 Å². The fourth-order valence-electron chi connectivity index (χ4n) is 2.17. The molecule has 7 nitrogen and oxygen atoms in total. The first-order valence-corrected chi connectivity index (χ1v) is 7.85. The van der Waals surface area contributed by atoms with Gasteiger partial charge in [0, 0.05) is 7.11 Å². The number of urea groups is 1. The summed E-state index contributed by atoms with van der Waals surface area (Å²) >= 11 is 0. The molecule has 132 valence electrons. The van der Waals surface area contributed by atoms with Gasteiger partial charge < -0.3 is 24.5 Å². The molecule has 25 heavy (non-hydrogen) atoms. The van der Waals surface area contributed by atoms with E-state index >= 15 is 0 Å². The first kappa shape index (κ1) is 18.4. The van der Waals surface area contributed by atoms with E-state index in [1.165, 1.54) is 0 Å². The highest BCUT2D eigenvalue weighted by atomic mass is 16.5. The Labute approximate surface area is 146 Å². The van der Waals surface area contributed by atoms with Crippen molar-refractivity contribution in [2.45, 2.75) is 13.0 Å². The molecule has 2 N–H and O–H groups in total. The van der Waals surface area contributed by atoms with Crippen LogP contribution in [-0.4, -0.2) is 32.9 Å². The highest BCUT2D eigenvalue weighted by molar-refractivity contribution is 5.74. The van der Waals surface area contributed by atoms with Gasteiger partial charge in [0.05, 0.1) is 24.8 Å². The summed E-state index contributed by atoms with van der Waals surface area (Å²) in [4.78, 5) is 12.0. The zero-order valence-corrected chi connectivity index (χ0v) is 14.2. The third-order valence-electron chi connectivity index (χ3n) is 3.38. The van der Waals surface area contributed by atoms with E-state index in [9.17, 15) is 4.79 Å². The minimum Gasteiger partial charge on any atom is -0.492 e. The van der Waals surface area contributed by atoms with Gasteiger partial charge in [-0.05, 0) is 43.3 Å². The van der Waals surface area contributed by atoms with Gasteiger partial charge in [-0.3, -0.25) is 0 Å². The predicted octanol–water partition coefficient (Wildman–Crippen LogP) is 2.53. The Morgan fingerprint density at radius 3 is 2.64 bits per heavy atom. The van der Waals surface area contributed by atoms with E-state index in [2.05, 4.69) is 10.6 Å². The van der Waals surface area contributed by atoms with Crippen LogP contribution in [0.15, 0.2) is 40.8 Å². The lowest BCUT2D eigenvalue weighted by Gasteiger charge is -2.16. The van der Waals surface area contributed by atoms with E-state index in [-0.39, 0.29) is 12.1 Å². The van der Waals surface area contributed by atoms with E-state index in [1.54, 1.807) is 31.4 Å². The van der Waals surface area contributed by atoms with Gasteiger partial charge >= 0.3 is 6.03 Å². The van der Waals surface area contributed by atoms with Crippen molar-refractivity contribution in [2.24, 2.45) is 0 Å². The first-order valence-electron chi connectivity index (χ1n) is 7.85. The van der Waals surface area contributed by atoms with Gasteiger partial charge in [0.15, 0.2) is 0 Å². The Morgan fingerprint density at radius 1 is 1.28 bits per heavy atom. The van der Waals surface area contributed by atoms with Crippen LogP contribution in [0.25, 0.3) is 0 Å². The average molecular weight is 343 g/mol. The number of methoxy groups -OCH3 is 1. The maximum Gasteiger partial charge on any atom is 0.315 e. The monoisotopic (exact) mass is 343 g/mol. The number of ether oxygens (including phenoxy) is 2. The number of hydrogen-bond acceptors (Lipinski definition) is 5. The number of nitrogens with zero attached hydrogens (tertiary/aromatic N) is 1. The molecule has 0 aliphatic rings. The highest BCUT2D eigenvalue weighted by Crippen LogP contribution is 2.16. The fraction of sp³-hybridized carbons (Fsp3) is 0.333. The van der Waals surface area contributed by atoms with Crippen LogP contribution in [0.3, 0.4) is 0 Å². The second-order valence-corrected chi connectivity index (χ2v) is 5.34.